The van der Waals surface area contributed by atoms with Gasteiger partial charge in [0.25, 0.3) is 5.91 Å². The number of phenolic OH excluding ortho intramolecular Hbond substituents is 2. The van der Waals surface area contributed by atoms with E-state index >= 15 is 0 Å². The first kappa shape index (κ1) is 18.3. The number of hydrogen-bond acceptors (Lipinski definition) is 5. The molecule has 1 fully saturated rings. The molecule has 27 heavy (non-hydrogen) atoms. The number of rotatable bonds is 3. The van der Waals surface area contributed by atoms with E-state index in [1.165, 1.54) is 24.3 Å². The summed E-state index contributed by atoms with van der Waals surface area (Å²) in [7, 11) is 0. The lowest BCUT2D eigenvalue weighted by atomic mass is 9.92. The van der Waals surface area contributed by atoms with Gasteiger partial charge in [-0.15, -0.1) is 0 Å². The van der Waals surface area contributed by atoms with Gasteiger partial charge < -0.3 is 10.2 Å². The van der Waals surface area contributed by atoms with Gasteiger partial charge in [0.15, 0.2) is 6.19 Å². The maximum absolute atomic E-state index is 13.1. The molecule has 6 nitrogen and oxygen atoms in total. The summed E-state index contributed by atoms with van der Waals surface area (Å²) in [5, 5.41) is 39.3. The van der Waals surface area contributed by atoms with E-state index in [2.05, 4.69) is 0 Å². The van der Waals surface area contributed by atoms with E-state index in [1.54, 1.807) is 12.1 Å². The Morgan fingerprint density at radius 1 is 1.07 bits per heavy atom. The van der Waals surface area contributed by atoms with Gasteiger partial charge in [-0.2, -0.15) is 10.5 Å². The fraction of sp³-hybridized carbons (Fsp3) is 0.286. The molecule has 0 saturated heterocycles. The first-order valence-electron chi connectivity index (χ1n) is 8.85. The second kappa shape index (κ2) is 7.80. The van der Waals surface area contributed by atoms with Crippen molar-refractivity contribution in [2.75, 3.05) is 0 Å². The molecule has 2 N–H and O–H groups in total. The van der Waals surface area contributed by atoms with Crippen molar-refractivity contribution in [2.24, 2.45) is 0 Å². The summed E-state index contributed by atoms with van der Waals surface area (Å²) >= 11 is 0. The van der Waals surface area contributed by atoms with Crippen molar-refractivity contribution < 1.29 is 15.0 Å². The minimum Gasteiger partial charge on any atom is -0.508 e. The first-order chi connectivity index (χ1) is 13.1. The van der Waals surface area contributed by atoms with Crippen LogP contribution in [-0.4, -0.2) is 27.1 Å². The molecule has 0 radical (unpaired) electrons. The number of nitriles is 2. The second-order valence-corrected chi connectivity index (χ2v) is 6.61. The van der Waals surface area contributed by atoms with Gasteiger partial charge in [-0.1, -0.05) is 31.4 Å². The average molecular weight is 361 g/mol. The fourth-order valence-electron chi connectivity index (χ4n) is 3.59. The zero-order valence-electron chi connectivity index (χ0n) is 14.7. The van der Waals surface area contributed by atoms with Crippen molar-refractivity contribution in [3.8, 4) is 34.9 Å². The van der Waals surface area contributed by atoms with Crippen LogP contribution in [0.15, 0.2) is 36.4 Å². The summed E-state index contributed by atoms with van der Waals surface area (Å²) in [6.45, 7) is 0. The lowest BCUT2D eigenvalue weighted by molar-refractivity contribution is 0.0750. The quantitative estimate of drug-likeness (QED) is 0.637. The topological polar surface area (TPSA) is 108 Å². The molecule has 1 saturated carbocycles. The molecule has 1 amide bonds. The standard InChI is InChI=1S/C21H19N3O3/c22-12-18-17(14-5-4-8-16(25)11-14)9-10-19(26)20(18)21(27)24(13-23)15-6-2-1-3-7-15/h4-5,8-11,15,25-26H,1-3,6-7H2. The number of aromatic hydroxyl groups is 2. The molecular weight excluding hydrogens is 342 g/mol. The highest BCUT2D eigenvalue weighted by Gasteiger charge is 2.31. The van der Waals surface area contributed by atoms with Gasteiger partial charge >= 0.3 is 0 Å². The monoisotopic (exact) mass is 361 g/mol. The number of carbonyl (C=O) groups is 1. The Hall–Kier alpha value is -3.51. The third-order valence-corrected chi connectivity index (χ3v) is 4.93. The smallest absolute Gasteiger partial charge is 0.272 e. The van der Waals surface area contributed by atoms with Crippen LogP contribution in [0.4, 0.5) is 0 Å². The fourth-order valence-corrected chi connectivity index (χ4v) is 3.59. The number of hydrogen-bond donors (Lipinski definition) is 2. The van der Waals surface area contributed by atoms with Crippen LogP contribution in [0.1, 0.15) is 48.0 Å². The van der Waals surface area contributed by atoms with Gasteiger partial charge in [0.1, 0.15) is 23.1 Å². The molecule has 0 heterocycles. The highest BCUT2D eigenvalue weighted by Crippen LogP contribution is 2.34. The van der Waals surface area contributed by atoms with Crippen molar-refractivity contribution in [3.63, 3.8) is 0 Å². The van der Waals surface area contributed by atoms with E-state index < -0.39 is 5.91 Å². The van der Waals surface area contributed by atoms with Crippen LogP contribution in [0.25, 0.3) is 11.1 Å². The van der Waals surface area contributed by atoms with Gasteiger partial charge in [0.05, 0.1) is 5.56 Å². The molecule has 0 bridgehead atoms. The molecule has 0 aromatic heterocycles. The van der Waals surface area contributed by atoms with E-state index in [9.17, 15) is 25.5 Å². The van der Waals surface area contributed by atoms with Gasteiger partial charge in [-0.25, -0.2) is 4.90 Å². The van der Waals surface area contributed by atoms with Gasteiger partial charge in [0, 0.05) is 11.6 Å². The Morgan fingerprint density at radius 3 is 2.44 bits per heavy atom. The van der Waals surface area contributed by atoms with Crippen molar-refractivity contribution in [2.45, 2.75) is 38.1 Å². The van der Waals surface area contributed by atoms with Crippen LogP contribution in [0, 0.1) is 22.8 Å². The highest BCUT2D eigenvalue weighted by molar-refractivity contribution is 6.02. The van der Waals surface area contributed by atoms with E-state index in [-0.39, 0.29) is 28.7 Å². The summed E-state index contributed by atoms with van der Waals surface area (Å²) in [5.41, 5.74) is 0.769. The van der Waals surface area contributed by atoms with Crippen molar-refractivity contribution >= 4 is 5.91 Å². The normalized spacial score (nSPS) is 14.1. The number of phenols is 2. The predicted octanol–water partition coefficient (Wildman–Crippen LogP) is 3.89. The van der Waals surface area contributed by atoms with Crippen molar-refractivity contribution in [3.05, 3.63) is 47.5 Å². The first-order valence-corrected chi connectivity index (χ1v) is 8.85. The van der Waals surface area contributed by atoms with Gasteiger partial charge in [0.2, 0.25) is 0 Å². The third kappa shape index (κ3) is 3.56. The zero-order valence-corrected chi connectivity index (χ0v) is 14.7. The molecule has 3 rings (SSSR count). The largest absolute Gasteiger partial charge is 0.508 e. The molecule has 136 valence electrons. The zero-order chi connectivity index (χ0) is 19.4. The molecule has 0 spiro atoms. The third-order valence-electron chi connectivity index (χ3n) is 4.93. The maximum Gasteiger partial charge on any atom is 0.272 e. The van der Waals surface area contributed by atoms with Gasteiger partial charge in [-0.3, -0.25) is 4.79 Å². The van der Waals surface area contributed by atoms with E-state index in [0.717, 1.165) is 37.0 Å². The Morgan fingerprint density at radius 2 is 1.81 bits per heavy atom. The summed E-state index contributed by atoms with van der Waals surface area (Å²) in [4.78, 5) is 14.2. The van der Waals surface area contributed by atoms with Crippen molar-refractivity contribution in [1.29, 1.82) is 10.5 Å². The summed E-state index contributed by atoms with van der Waals surface area (Å²) in [6.07, 6.45) is 6.36. The number of benzene rings is 2. The molecule has 1 aliphatic carbocycles. The predicted molar refractivity (Wildman–Crippen MR) is 98.6 cm³/mol. The van der Waals surface area contributed by atoms with Crippen LogP contribution in [0.2, 0.25) is 0 Å². The van der Waals surface area contributed by atoms with E-state index in [4.69, 9.17) is 0 Å². The summed E-state index contributed by atoms with van der Waals surface area (Å²) in [6, 6.07) is 10.9. The van der Waals surface area contributed by atoms with Crippen LogP contribution in [0.5, 0.6) is 11.5 Å². The lowest BCUT2D eigenvalue weighted by Crippen LogP contribution is -2.38. The molecule has 2 aromatic rings. The van der Waals surface area contributed by atoms with Crippen LogP contribution >= 0.6 is 0 Å². The molecule has 2 aromatic carbocycles. The Kier molecular flexibility index (Phi) is 5.28. The average Bonchev–Trinajstić information content (AvgIpc) is 2.68. The number of nitrogens with zero attached hydrogens (tertiary/aromatic N) is 3. The molecule has 6 heteroatoms. The minimum absolute atomic E-state index is 0.0124. The van der Waals surface area contributed by atoms with Crippen LogP contribution in [-0.2, 0) is 0 Å². The number of amides is 1. The van der Waals surface area contributed by atoms with Gasteiger partial charge in [-0.05, 0) is 42.7 Å². The summed E-state index contributed by atoms with van der Waals surface area (Å²) < 4.78 is 0. The minimum atomic E-state index is -0.666. The SMILES string of the molecule is N#Cc1c(-c2cccc(O)c2)ccc(O)c1C(=O)N(C#N)C1CCCCC1. The molecule has 0 unspecified atom stereocenters. The molecular formula is C21H19N3O3. The Balaban J connectivity index is 2.09. The molecule has 0 atom stereocenters. The summed E-state index contributed by atoms with van der Waals surface area (Å²) in [5.74, 6) is -0.977. The molecule has 0 aliphatic heterocycles. The van der Waals surface area contributed by atoms with Crippen LogP contribution in [0.3, 0.4) is 0 Å². The van der Waals surface area contributed by atoms with Crippen molar-refractivity contribution in [1.82, 2.24) is 4.90 Å². The van der Waals surface area contributed by atoms with E-state index in [1.807, 2.05) is 12.3 Å². The Labute approximate surface area is 157 Å². The molecule has 1 aliphatic rings. The van der Waals surface area contributed by atoms with E-state index in [0.29, 0.717) is 11.1 Å². The highest BCUT2D eigenvalue weighted by atomic mass is 16.3. The maximum atomic E-state index is 13.1. The van der Waals surface area contributed by atoms with Crippen LogP contribution < -0.4 is 0 Å². The number of carbonyl (C=O) groups excluding carboxylic acids is 1. The second-order valence-electron chi connectivity index (χ2n) is 6.61. The lowest BCUT2D eigenvalue weighted by Gasteiger charge is -2.29. The Bertz CT molecular complexity index is 950.